The van der Waals surface area contributed by atoms with Crippen LogP contribution < -0.4 is 5.32 Å². The molecule has 0 aliphatic carbocycles. The molecule has 0 aromatic heterocycles. The van der Waals surface area contributed by atoms with E-state index in [1.165, 1.54) is 7.11 Å². The molecule has 0 saturated carbocycles. The lowest BCUT2D eigenvalue weighted by Crippen LogP contribution is -2.28. The molecule has 0 heterocycles. The smallest absolute Gasteiger partial charge is 0.252 e. The number of carbonyl (C=O) groups excluding carboxylic acids is 1. The Hall–Kier alpha value is -0.180. The first kappa shape index (κ1) is 15.9. The number of amides is 1. The van der Waals surface area contributed by atoms with E-state index in [1.807, 2.05) is 18.2 Å². The van der Waals surface area contributed by atoms with E-state index in [0.29, 0.717) is 18.5 Å². The molecule has 18 heavy (non-hydrogen) atoms. The lowest BCUT2D eigenvalue weighted by atomic mass is 10.2. The number of aliphatic hydroxyl groups excluding tert-OH is 1. The van der Waals surface area contributed by atoms with E-state index in [-0.39, 0.29) is 12.5 Å². The lowest BCUT2D eigenvalue weighted by molar-refractivity contribution is 0.0587. The fourth-order valence-corrected chi connectivity index (χ4v) is 2.31. The van der Waals surface area contributed by atoms with Crippen molar-refractivity contribution in [3.63, 3.8) is 0 Å². The standard InChI is InChI=1S/C12H15BrINO3/c1-18-7-9(16)4-5-15-12(17)10-6-8(14)2-3-11(10)13/h2-3,6,9,16H,4-5,7H2,1H3,(H,15,17). The maximum atomic E-state index is 11.9. The minimum atomic E-state index is -0.547. The highest BCUT2D eigenvalue weighted by atomic mass is 127. The van der Waals surface area contributed by atoms with Gasteiger partial charge in [-0.15, -0.1) is 0 Å². The van der Waals surface area contributed by atoms with E-state index >= 15 is 0 Å². The van der Waals surface area contributed by atoms with Crippen molar-refractivity contribution >= 4 is 44.4 Å². The van der Waals surface area contributed by atoms with Crippen LogP contribution in [-0.2, 0) is 4.74 Å². The minimum Gasteiger partial charge on any atom is -0.391 e. The van der Waals surface area contributed by atoms with Crippen LogP contribution in [0, 0.1) is 3.57 Å². The topological polar surface area (TPSA) is 58.6 Å². The number of nitrogens with one attached hydrogen (secondary N) is 1. The number of methoxy groups -OCH3 is 1. The van der Waals surface area contributed by atoms with E-state index in [2.05, 4.69) is 43.8 Å². The van der Waals surface area contributed by atoms with Crippen LogP contribution in [0.1, 0.15) is 16.8 Å². The van der Waals surface area contributed by atoms with Crippen molar-refractivity contribution < 1.29 is 14.6 Å². The van der Waals surface area contributed by atoms with Gasteiger partial charge < -0.3 is 15.2 Å². The number of hydrogen-bond acceptors (Lipinski definition) is 3. The van der Waals surface area contributed by atoms with Gasteiger partial charge in [0.05, 0.1) is 18.3 Å². The van der Waals surface area contributed by atoms with Crippen LogP contribution in [0.5, 0.6) is 0 Å². The molecule has 6 heteroatoms. The summed E-state index contributed by atoms with van der Waals surface area (Å²) >= 11 is 5.50. The van der Waals surface area contributed by atoms with Crippen LogP contribution in [-0.4, -0.2) is 37.4 Å². The van der Waals surface area contributed by atoms with Crippen LogP contribution in [0.2, 0.25) is 0 Å². The number of ether oxygens (including phenoxy) is 1. The van der Waals surface area contributed by atoms with Gasteiger partial charge in [-0.3, -0.25) is 4.79 Å². The van der Waals surface area contributed by atoms with Crippen molar-refractivity contribution in [1.29, 1.82) is 0 Å². The maximum absolute atomic E-state index is 11.9. The summed E-state index contributed by atoms with van der Waals surface area (Å²) in [6.07, 6.45) is -0.0733. The second-order valence-electron chi connectivity index (χ2n) is 3.78. The Morgan fingerprint density at radius 3 is 3.00 bits per heavy atom. The van der Waals surface area contributed by atoms with Gasteiger partial charge in [0.1, 0.15) is 0 Å². The lowest BCUT2D eigenvalue weighted by Gasteiger charge is -2.11. The fourth-order valence-electron chi connectivity index (χ4n) is 1.39. The van der Waals surface area contributed by atoms with Crippen LogP contribution in [0.25, 0.3) is 0 Å². The number of benzene rings is 1. The SMILES string of the molecule is COCC(O)CCNC(=O)c1cc(I)ccc1Br. The van der Waals surface area contributed by atoms with Gasteiger partial charge >= 0.3 is 0 Å². The van der Waals surface area contributed by atoms with Crippen molar-refractivity contribution in [2.24, 2.45) is 0 Å². The Kier molecular flexibility index (Phi) is 7.13. The quantitative estimate of drug-likeness (QED) is 0.684. The highest BCUT2D eigenvalue weighted by molar-refractivity contribution is 14.1. The molecule has 0 radical (unpaired) electrons. The summed E-state index contributed by atoms with van der Waals surface area (Å²) in [4.78, 5) is 11.9. The molecular weight excluding hydrogens is 413 g/mol. The molecule has 2 N–H and O–H groups in total. The predicted molar refractivity (Wildman–Crippen MR) is 81.7 cm³/mol. The third kappa shape index (κ3) is 5.21. The molecule has 0 fully saturated rings. The molecular formula is C12H15BrINO3. The Morgan fingerprint density at radius 1 is 1.61 bits per heavy atom. The molecule has 1 unspecified atom stereocenters. The first-order valence-corrected chi connectivity index (χ1v) is 7.32. The largest absolute Gasteiger partial charge is 0.391 e. The number of hydrogen-bond donors (Lipinski definition) is 2. The van der Waals surface area contributed by atoms with Crippen molar-refractivity contribution in [2.45, 2.75) is 12.5 Å². The average Bonchev–Trinajstić information content (AvgIpc) is 2.32. The zero-order chi connectivity index (χ0) is 13.5. The molecule has 1 rings (SSSR count). The van der Waals surface area contributed by atoms with E-state index in [1.54, 1.807) is 0 Å². The zero-order valence-electron chi connectivity index (χ0n) is 9.95. The predicted octanol–water partition coefficient (Wildman–Crippen LogP) is 2.18. The average molecular weight is 428 g/mol. The molecule has 100 valence electrons. The van der Waals surface area contributed by atoms with Crippen LogP contribution in [0.15, 0.2) is 22.7 Å². The van der Waals surface area contributed by atoms with Crippen molar-refractivity contribution in [2.75, 3.05) is 20.3 Å². The number of carbonyl (C=O) groups is 1. The zero-order valence-corrected chi connectivity index (χ0v) is 13.7. The number of rotatable bonds is 6. The number of halogens is 2. The molecule has 1 aromatic carbocycles. The van der Waals surface area contributed by atoms with Crippen LogP contribution in [0.4, 0.5) is 0 Å². The van der Waals surface area contributed by atoms with Gasteiger partial charge in [0, 0.05) is 21.7 Å². The Labute approximate surface area is 128 Å². The summed E-state index contributed by atoms with van der Waals surface area (Å²) < 4.78 is 6.57. The molecule has 0 spiro atoms. The Balaban J connectivity index is 2.48. The summed E-state index contributed by atoms with van der Waals surface area (Å²) in [5.41, 5.74) is 0.600. The van der Waals surface area contributed by atoms with Gasteiger partial charge in [-0.05, 0) is 63.1 Å². The summed E-state index contributed by atoms with van der Waals surface area (Å²) in [5, 5.41) is 12.2. The molecule has 0 saturated heterocycles. The Bertz CT molecular complexity index is 414. The number of aliphatic hydroxyl groups is 1. The Morgan fingerprint density at radius 2 is 2.33 bits per heavy atom. The van der Waals surface area contributed by atoms with Crippen molar-refractivity contribution in [1.82, 2.24) is 5.32 Å². The van der Waals surface area contributed by atoms with Crippen molar-refractivity contribution in [3.05, 3.63) is 31.8 Å². The normalized spacial score (nSPS) is 12.2. The summed E-state index contributed by atoms with van der Waals surface area (Å²) in [6, 6.07) is 5.58. The van der Waals surface area contributed by atoms with Gasteiger partial charge in [-0.1, -0.05) is 0 Å². The highest BCUT2D eigenvalue weighted by Gasteiger charge is 2.11. The second kappa shape index (κ2) is 8.08. The fraction of sp³-hybridized carbons (Fsp3) is 0.417. The van der Waals surface area contributed by atoms with Gasteiger partial charge in [-0.25, -0.2) is 0 Å². The van der Waals surface area contributed by atoms with Gasteiger partial charge in [0.2, 0.25) is 0 Å². The van der Waals surface area contributed by atoms with E-state index < -0.39 is 6.10 Å². The molecule has 4 nitrogen and oxygen atoms in total. The molecule has 1 amide bonds. The first-order valence-electron chi connectivity index (χ1n) is 5.45. The van der Waals surface area contributed by atoms with Gasteiger partial charge in [-0.2, -0.15) is 0 Å². The summed E-state index contributed by atoms with van der Waals surface area (Å²) in [5.74, 6) is -0.148. The molecule has 0 aliphatic heterocycles. The van der Waals surface area contributed by atoms with E-state index in [0.717, 1.165) is 8.04 Å². The van der Waals surface area contributed by atoms with Gasteiger partial charge in [0.15, 0.2) is 0 Å². The van der Waals surface area contributed by atoms with Crippen molar-refractivity contribution in [3.8, 4) is 0 Å². The molecule has 1 aromatic rings. The third-order valence-corrected chi connectivity index (χ3v) is 3.66. The second-order valence-corrected chi connectivity index (χ2v) is 5.88. The molecule has 0 bridgehead atoms. The highest BCUT2D eigenvalue weighted by Crippen LogP contribution is 2.19. The van der Waals surface area contributed by atoms with Crippen LogP contribution >= 0.6 is 38.5 Å². The minimum absolute atomic E-state index is 0.148. The van der Waals surface area contributed by atoms with Gasteiger partial charge in [0.25, 0.3) is 5.91 Å². The monoisotopic (exact) mass is 427 g/mol. The van der Waals surface area contributed by atoms with E-state index in [4.69, 9.17) is 4.74 Å². The van der Waals surface area contributed by atoms with E-state index in [9.17, 15) is 9.90 Å². The summed E-state index contributed by atoms with van der Waals surface area (Å²) in [7, 11) is 1.53. The molecule has 0 aliphatic rings. The third-order valence-electron chi connectivity index (χ3n) is 2.30. The maximum Gasteiger partial charge on any atom is 0.252 e. The van der Waals surface area contributed by atoms with Crippen LogP contribution in [0.3, 0.4) is 0 Å². The summed E-state index contributed by atoms with van der Waals surface area (Å²) in [6.45, 7) is 0.698. The molecule has 1 atom stereocenters. The first-order chi connectivity index (χ1) is 8.54.